The van der Waals surface area contributed by atoms with Gasteiger partial charge in [0.15, 0.2) is 0 Å². The van der Waals surface area contributed by atoms with Crippen LogP contribution in [0.3, 0.4) is 0 Å². The number of halogens is 1. The van der Waals surface area contributed by atoms with E-state index in [1.54, 1.807) is 0 Å². The van der Waals surface area contributed by atoms with E-state index in [1.165, 1.54) is 31.2 Å². The molecule has 0 bridgehead atoms. The summed E-state index contributed by atoms with van der Waals surface area (Å²) in [6, 6.07) is 5.82. The van der Waals surface area contributed by atoms with Gasteiger partial charge < -0.3 is 0 Å². The maximum Gasteiger partial charge on any atom is 0.328 e. The maximum absolute atomic E-state index is 11.5. The Morgan fingerprint density at radius 3 is 2.29 bits per heavy atom. The van der Waals surface area contributed by atoms with E-state index >= 15 is 0 Å². The van der Waals surface area contributed by atoms with Crippen molar-refractivity contribution in [3.05, 3.63) is 29.3 Å². The number of hydrogen-bond acceptors (Lipinski definition) is 2. The van der Waals surface area contributed by atoms with E-state index in [0.717, 1.165) is 0 Å². The Balaban J connectivity index is 3.18. The highest BCUT2D eigenvalue weighted by Gasteiger charge is 2.14. The highest BCUT2D eigenvalue weighted by atomic mass is 35.5. The fourth-order valence-corrected chi connectivity index (χ4v) is 2.05. The second-order valence-corrected chi connectivity index (χ2v) is 4.86. The molecule has 0 aliphatic carbocycles. The smallest absolute Gasteiger partial charge is 0.290 e. The fraction of sp³-hybridized carbons (Fsp3) is 0.125. The molecule has 0 aliphatic heterocycles. The van der Waals surface area contributed by atoms with Crippen molar-refractivity contribution in [3.8, 4) is 0 Å². The highest BCUT2D eigenvalue weighted by Crippen LogP contribution is 2.11. The summed E-state index contributed by atoms with van der Waals surface area (Å²) in [6.07, 6.45) is 0. The molecule has 6 heteroatoms. The molecule has 0 unspecified atom stereocenters. The Labute approximate surface area is 87.5 Å². The zero-order valence-corrected chi connectivity index (χ0v) is 9.06. The lowest BCUT2D eigenvalue weighted by molar-refractivity contribution is -0.269. The van der Waals surface area contributed by atoms with Crippen molar-refractivity contribution in [1.82, 2.24) is 0 Å². The van der Waals surface area contributed by atoms with E-state index in [0.29, 0.717) is 5.02 Å². The van der Waals surface area contributed by atoms with Crippen LogP contribution in [0.2, 0.25) is 5.02 Å². The Bertz CT molecular complexity index is 447. The number of nitrogens with two attached hydrogens (primary N) is 1. The first-order valence-corrected chi connectivity index (χ1v) is 5.65. The average Bonchev–Trinajstić information content (AvgIpc) is 2.02. The first-order chi connectivity index (χ1) is 6.42. The number of nitrogens with one attached hydrogen (secondary N) is 1. The van der Waals surface area contributed by atoms with E-state index < -0.39 is 10.0 Å². The van der Waals surface area contributed by atoms with Crippen molar-refractivity contribution < 1.29 is 12.8 Å². The molecule has 76 valence electrons. The molecular weight excluding hydrogens is 224 g/mol. The minimum Gasteiger partial charge on any atom is -0.290 e. The van der Waals surface area contributed by atoms with Crippen LogP contribution < -0.4 is 10.1 Å². The molecular formula is C8H10ClN2O2S+. The van der Waals surface area contributed by atoms with Gasteiger partial charge in [-0.1, -0.05) is 11.6 Å². The molecule has 0 saturated carbocycles. The van der Waals surface area contributed by atoms with Crippen LogP contribution in [0, 0.1) is 0 Å². The molecule has 0 radical (unpaired) electrons. The predicted octanol–water partition coefficient (Wildman–Crippen LogP) is -0.514. The quantitative estimate of drug-likeness (QED) is 0.534. The van der Waals surface area contributed by atoms with Crippen molar-refractivity contribution in [3.63, 3.8) is 0 Å². The maximum atomic E-state index is 11.5. The van der Waals surface area contributed by atoms with Crippen LogP contribution in [0.25, 0.3) is 0 Å². The number of sulfonamides is 1. The minimum atomic E-state index is -3.55. The van der Waals surface area contributed by atoms with Crippen LogP contribution in [0.4, 0.5) is 0 Å². The van der Waals surface area contributed by atoms with Gasteiger partial charge in [-0.05, 0) is 24.3 Å². The molecule has 0 aliphatic rings. The van der Waals surface area contributed by atoms with Crippen molar-refractivity contribution in [2.75, 3.05) is 0 Å². The third-order valence-corrected chi connectivity index (χ3v) is 3.15. The molecule has 0 spiro atoms. The summed E-state index contributed by atoms with van der Waals surface area (Å²) < 4.78 is 25.2. The Morgan fingerprint density at radius 1 is 1.36 bits per heavy atom. The van der Waals surface area contributed by atoms with Crippen LogP contribution in [0.15, 0.2) is 29.2 Å². The van der Waals surface area contributed by atoms with Gasteiger partial charge in [0.05, 0.1) is 0 Å². The molecule has 14 heavy (non-hydrogen) atoms. The fourth-order valence-electron chi connectivity index (χ4n) is 0.885. The van der Waals surface area contributed by atoms with E-state index in [1.807, 2.05) is 0 Å². The molecule has 0 fully saturated rings. The van der Waals surface area contributed by atoms with E-state index in [-0.39, 0.29) is 10.7 Å². The predicted molar refractivity (Wildman–Crippen MR) is 54.5 cm³/mol. The molecule has 0 amide bonds. The zero-order valence-electron chi connectivity index (χ0n) is 7.49. The van der Waals surface area contributed by atoms with Gasteiger partial charge in [0.2, 0.25) is 0 Å². The molecule has 0 aromatic heterocycles. The molecule has 1 rings (SSSR count). The normalized spacial score (nSPS) is 12.9. The van der Waals surface area contributed by atoms with Crippen LogP contribution in [0.5, 0.6) is 0 Å². The number of amidine groups is 1. The van der Waals surface area contributed by atoms with E-state index in [2.05, 4.69) is 4.40 Å². The summed E-state index contributed by atoms with van der Waals surface area (Å²) >= 11 is 5.62. The van der Waals surface area contributed by atoms with Crippen molar-refractivity contribution in [1.29, 1.82) is 0 Å². The second kappa shape index (κ2) is 3.98. The second-order valence-electron chi connectivity index (χ2n) is 2.74. The van der Waals surface area contributed by atoms with Crippen LogP contribution in [0.1, 0.15) is 6.92 Å². The number of rotatable bonds is 2. The lowest BCUT2D eigenvalue weighted by Crippen LogP contribution is -2.77. The summed E-state index contributed by atoms with van der Waals surface area (Å²) in [5.41, 5.74) is 5.25. The van der Waals surface area contributed by atoms with Crippen LogP contribution >= 0.6 is 11.6 Å². The highest BCUT2D eigenvalue weighted by molar-refractivity contribution is 7.84. The zero-order chi connectivity index (χ0) is 10.8. The molecule has 0 atom stereocenters. The average molecular weight is 234 g/mol. The van der Waals surface area contributed by atoms with Gasteiger partial charge in [-0.3, -0.25) is 5.73 Å². The Hall–Kier alpha value is -1.07. The molecule has 0 saturated heterocycles. The van der Waals surface area contributed by atoms with E-state index in [9.17, 15) is 8.42 Å². The van der Waals surface area contributed by atoms with Crippen LogP contribution in [-0.2, 0) is 10.0 Å². The standard InChI is InChI=1S/C8H9ClN2O2S/c1-6(10)11-14(12,13)8-4-2-7(9)3-5-8/h2-5H,1H3,(H2,10,11)/p+1. The lowest BCUT2D eigenvalue weighted by atomic mass is 10.4. The van der Waals surface area contributed by atoms with E-state index in [4.69, 9.17) is 17.3 Å². The summed E-state index contributed by atoms with van der Waals surface area (Å²) in [4.78, 5) is 0.131. The summed E-state index contributed by atoms with van der Waals surface area (Å²) in [5.74, 6) is 0.125. The topological polar surface area (TPSA) is 74.1 Å². The van der Waals surface area contributed by atoms with Gasteiger partial charge in [0.25, 0.3) is 5.84 Å². The molecule has 1 aromatic carbocycles. The Kier molecular flexibility index (Phi) is 3.13. The van der Waals surface area contributed by atoms with Crippen LogP contribution in [-0.4, -0.2) is 14.3 Å². The number of hydrogen-bond donors (Lipinski definition) is 2. The first-order valence-electron chi connectivity index (χ1n) is 3.79. The van der Waals surface area contributed by atoms with Gasteiger partial charge in [-0.15, -0.1) is 0 Å². The lowest BCUT2D eigenvalue weighted by Gasteiger charge is -1.96. The van der Waals surface area contributed by atoms with Gasteiger partial charge in [0, 0.05) is 11.9 Å². The summed E-state index contributed by atoms with van der Waals surface area (Å²) in [6.45, 7) is 1.47. The summed E-state index contributed by atoms with van der Waals surface area (Å²) in [7, 11) is -3.55. The third-order valence-electron chi connectivity index (χ3n) is 1.42. The van der Waals surface area contributed by atoms with Gasteiger partial charge >= 0.3 is 10.0 Å². The third kappa shape index (κ3) is 2.71. The van der Waals surface area contributed by atoms with Gasteiger partial charge in [0.1, 0.15) is 4.90 Å². The number of benzene rings is 1. The van der Waals surface area contributed by atoms with Crippen molar-refractivity contribution >= 4 is 27.5 Å². The molecule has 1 aromatic rings. The molecule has 0 heterocycles. The minimum absolute atomic E-state index is 0.125. The Morgan fingerprint density at radius 2 is 1.86 bits per heavy atom. The van der Waals surface area contributed by atoms with Crippen molar-refractivity contribution in [2.45, 2.75) is 11.8 Å². The first kappa shape index (κ1) is 11.0. The van der Waals surface area contributed by atoms with Crippen molar-refractivity contribution in [2.24, 2.45) is 5.73 Å². The molecule has 3 N–H and O–H groups in total. The molecule has 4 nitrogen and oxygen atoms in total. The SMILES string of the molecule is CC(N)=[NH+]S(=O)(=O)c1ccc(Cl)cc1. The van der Waals surface area contributed by atoms with Gasteiger partial charge in [-0.2, -0.15) is 12.8 Å². The van der Waals surface area contributed by atoms with Gasteiger partial charge in [-0.25, -0.2) is 0 Å². The monoisotopic (exact) mass is 233 g/mol. The summed E-state index contributed by atoms with van der Waals surface area (Å²) in [5, 5.41) is 0.484. The largest absolute Gasteiger partial charge is 0.328 e.